The Bertz CT molecular complexity index is 294. The summed E-state index contributed by atoms with van der Waals surface area (Å²) >= 11 is 0. The van der Waals surface area contributed by atoms with Crippen LogP contribution in [-0.2, 0) is 0 Å². The highest BCUT2D eigenvalue weighted by Gasteiger charge is 2.09. The number of hydrogen-bond acceptors (Lipinski definition) is 1. The average molecular weight is 241 g/mol. The number of rotatable bonds is 4. The summed E-state index contributed by atoms with van der Waals surface area (Å²) in [5.41, 5.74) is 1.96. The van der Waals surface area contributed by atoms with Crippen LogP contribution in [0.5, 0.6) is 5.75 Å². The third-order valence-corrected chi connectivity index (χ3v) is 3.36. The molecule has 0 aliphatic rings. The van der Waals surface area contributed by atoms with Gasteiger partial charge in [0.2, 0.25) is 0 Å². The highest BCUT2D eigenvalue weighted by atomic mass is 35.5. The first kappa shape index (κ1) is 15.3. The van der Waals surface area contributed by atoms with Crippen molar-refractivity contribution in [1.29, 1.82) is 0 Å². The van der Waals surface area contributed by atoms with E-state index in [0.29, 0.717) is 11.8 Å². The van der Waals surface area contributed by atoms with Gasteiger partial charge in [-0.3, -0.25) is 0 Å². The molecule has 2 atom stereocenters. The van der Waals surface area contributed by atoms with Crippen LogP contribution in [0.25, 0.3) is 0 Å². The van der Waals surface area contributed by atoms with Crippen LogP contribution in [0.3, 0.4) is 0 Å². The summed E-state index contributed by atoms with van der Waals surface area (Å²) in [6.45, 7) is 8.49. The highest BCUT2D eigenvalue weighted by molar-refractivity contribution is 5.42. The summed E-state index contributed by atoms with van der Waals surface area (Å²) in [5.74, 6) is 1.02. The van der Waals surface area contributed by atoms with Gasteiger partial charge in [0, 0.05) is 0 Å². The van der Waals surface area contributed by atoms with Crippen molar-refractivity contribution in [3.63, 3.8) is 0 Å². The Labute approximate surface area is 105 Å². The second-order valence-electron chi connectivity index (χ2n) is 4.38. The Morgan fingerprint density at radius 1 is 1.00 bits per heavy atom. The molecule has 1 nitrogen and oxygen atoms in total. The SMILES string of the molecule is CCC(C)c1cccc(C(C)CC)c1[O-].[Cl-]. The van der Waals surface area contributed by atoms with Crippen molar-refractivity contribution >= 4 is 0 Å². The molecule has 0 amide bonds. The Hall–Kier alpha value is -0.690. The third kappa shape index (κ3) is 3.15. The molecule has 1 aromatic carbocycles. The molecule has 2 heteroatoms. The van der Waals surface area contributed by atoms with E-state index in [-0.39, 0.29) is 18.2 Å². The van der Waals surface area contributed by atoms with E-state index in [9.17, 15) is 5.11 Å². The molecule has 0 aliphatic heterocycles. The topological polar surface area (TPSA) is 23.1 Å². The van der Waals surface area contributed by atoms with Gasteiger partial charge >= 0.3 is 0 Å². The molecule has 0 saturated heterocycles. The fourth-order valence-corrected chi connectivity index (χ4v) is 1.79. The molecule has 1 aromatic rings. The summed E-state index contributed by atoms with van der Waals surface area (Å²) < 4.78 is 0. The van der Waals surface area contributed by atoms with E-state index in [2.05, 4.69) is 27.7 Å². The van der Waals surface area contributed by atoms with Crippen LogP contribution in [0.4, 0.5) is 0 Å². The van der Waals surface area contributed by atoms with E-state index in [1.807, 2.05) is 18.2 Å². The lowest BCUT2D eigenvalue weighted by molar-refractivity contribution is -0.271. The first-order chi connectivity index (χ1) is 7.11. The van der Waals surface area contributed by atoms with Crippen LogP contribution in [0, 0.1) is 0 Å². The minimum atomic E-state index is 0. The monoisotopic (exact) mass is 240 g/mol. The van der Waals surface area contributed by atoms with Crippen molar-refractivity contribution in [2.45, 2.75) is 52.4 Å². The molecule has 1 rings (SSSR count). The molecule has 0 bridgehead atoms. The van der Waals surface area contributed by atoms with E-state index in [1.54, 1.807) is 0 Å². The van der Waals surface area contributed by atoms with E-state index < -0.39 is 0 Å². The molecule has 92 valence electrons. The predicted molar refractivity (Wildman–Crippen MR) is 63.3 cm³/mol. The second-order valence-corrected chi connectivity index (χ2v) is 4.38. The summed E-state index contributed by atoms with van der Waals surface area (Å²) in [6.07, 6.45) is 2.05. The Balaban J connectivity index is 0.00000225. The zero-order valence-electron chi connectivity index (χ0n) is 10.6. The molecule has 16 heavy (non-hydrogen) atoms. The fraction of sp³-hybridized carbons (Fsp3) is 0.571. The van der Waals surface area contributed by atoms with E-state index >= 15 is 0 Å². The predicted octanol–water partition coefficient (Wildman–Crippen LogP) is 0.791. The van der Waals surface area contributed by atoms with Crippen LogP contribution in [0.1, 0.15) is 63.5 Å². The normalized spacial score (nSPS) is 14.0. The van der Waals surface area contributed by atoms with Gasteiger partial charge in [-0.2, -0.15) is 0 Å². The summed E-state index contributed by atoms with van der Waals surface area (Å²) in [7, 11) is 0. The van der Waals surface area contributed by atoms with Gasteiger partial charge in [0.25, 0.3) is 0 Å². The van der Waals surface area contributed by atoms with Gasteiger partial charge in [-0.1, -0.05) is 57.0 Å². The van der Waals surface area contributed by atoms with Crippen LogP contribution < -0.4 is 17.5 Å². The van der Waals surface area contributed by atoms with E-state index in [4.69, 9.17) is 0 Å². The smallest absolute Gasteiger partial charge is 0.0199 e. The first-order valence-corrected chi connectivity index (χ1v) is 5.91. The molecule has 0 saturated carbocycles. The highest BCUT2D eigenvalue weighted by Crippen LogP contribution is 2.33. The summed E-state index contributed by atoms with van der Waals surface area (Å²) in [5, 5.41) is 12.2. The average Bonchev–Trinajstić information content (AvgIpc) is 2.27. The second kappa shape index (κ2) is 6.80. The summed E-state index contributed by atoms with van der Waals surface area (Å²) in [6, 6.07) is 5.97. The van der Waals surface area contributed by atoms with E-state index in [0.717, 1.165) is 24.0 Å². The lowest BCUT2D eigenvalue weighted by Crippen LogP contribution is -3.00. The van der Waals surface area contributed by atoms with E-state index in [1.165, 1.54) is 0 Å². The summed E-state index contributed by atoms with van der Waals surface area (Å²) in [4.78, 5) is 0. The lowest BCUT2D eigenvalue weighted by atomic mass is 9.90. The number of halogens is 1. The molecule has 0 radical (unpaired) electrons. The van der Waals surface area contributed by atoms with Crippen LogP contribution in [-0.4, -0.2) is 0 Å². The maximum Gasteiger partial charge on any atom is -0.0199 e. The molecule has 0 spiro atoms. The van der Waals surface area contributed by atoms with Crippen LogP contribution >= 0.6 is 0 Å². The van der Waals surface area contributed by atoms with Crippen molar-refractivity contribution < 1.29 is 17.5 Å². The molecule has 0 aromatic heterocycles. The maximum atomic E-state index is 12.2. The molecular weight excluding hydrogens is 220 g/mol. The van der Waals surface area contributed by atoms with Crippen LogP contribution in [0.2, 0.25) is 0 Å². The van der Waals surface area contributed by atoms with Gasteiger partial charge in [-0.05, 0) is 24.7 Å². The molecule has 0 fully saturated rings. The van der Waals surface area contributed by atoms with Crippen LogP contribution in [0.15, 0.2) is 18.2 Å². The van der Waals surface area contributed by atoms with Gasteiger partial charge < -0.3 is 17.5 Å². The van der Waals surface area contributed by atoms with Crippen molar-refractivity contribution in [1.82, 2.24) is 0 Å². The van der Waals surface area contributed by atoms with Gasteiger partial charge in [-0.25, -0.2) is 0 Å². The van der Waals surface area contributed by atoms with Crippen molar-refractivity contribution in [2.75, 3.05) is 0 Å². The minimum Gasteiger partial charge on any atom is -1.00 e. The Kier molecular flexibility index (Phi) is 6.51. The largest absolute Gasteiger partial charge is 1.00 e. The maximum absolute atomic E-state index is 12.2. The zero-order chi connectivity index (χ0) is 11.4. The molecular formula is C14H21ClO-2. The Morgan fingerprint density at radius 2 is 1.38 bits per heavy atom. The van der Waals surface area contributed by atoms with Gasteiger partial charge in [0.1, 0.15) is 0 Å². The van der Waals surface area contributed by atoms with Crippen molar-refractivity contribution in [2.24, 2.45) is 0 Å². The fourth-order valence-electron chi connectivity index (χ4n) is 1.79. The van der Waals surface area contributed by atoms with Gasteiger partial charge in [0.15, 0.2) is 0 Å². The van der Waals surface area contributed by atoms with Crippen molar-refractivity contribution in [3.8, 4) is 5.75 Å². The lowest BCUT2D eigenvalue weighted by Gasteiger charge is -2.25. The van der Waals surface area contributed by atoms with Gasteiger partial charge in [-0.15, -0.1) is 5.75 Å². The van der Waals surface area contributed by atoms with Crippen molar-refractivity contribution in [3.05, 3.63) is 29.3 Å². The Morgan fingerprint density at radius 3 is 1.69 bits per heavy atom. The number of benzene rings is 1. The standard InChI is InChI=1S/C14H22O.ClH/c1-5-10(3)12-8-7-9-13(14(12)15)11(4)6-2;/h7-11,15H,5-6H2,1-4H3;1H/p-2. The van der Waals surface area contributed by atoms with Gasteiger partial charge in [0.05, 0.1) is 0 Å². The zero-order valence-corrected chi connectivity index (χ0v) is 11.3. The molecule has 0 heterocycles. The number of para-hydroxylation sites is 1. The quantitative estimate of drug-likeness (QED) is 0.763. The molecule has 0 aliphatic carbocycles. The minimum absolute atomic E-state index is 0. The first-order valence-electron chi connectivity index (χ1n) is 5.91. The third-order valence-electron chi connectivity index (χ3n) is 3.36. The molecule has 2 unspecified atom stereocenters. The number of hydrogen-bond donors (Lipinski definition) is 0. The molecule has 0 N–H and O–H groups in total.